The van der Waals surface area contributed by atoms with Crippen LogP contribution in [0.25, 0.3) is 0 Å². The van der Waals surface area contributed by atoms with Gasteiger partial charge in [0.05, 0.1) is 42.4 Å². The third-order valence-electron chi connectivity index (χ3n) is 5.13. The van der Waals surface area contributed by atoms with Crippen molar-refractivity contribution < 1.29 is 19.2 Å². The Balaban J connectivity index is 2.23. The first-order chi connectivity index (χ1) is 15.9. The number of rotatable bonds is 9. The standard InChI is InChI=1S/C24H22N4O5/c1-32-21-12-19(20(28(30)31)13-22(21)33-2)23(24(26)29)27(15-17-6-4-3-5-7-17)18-10-8-16(14-25)9-11-18/h3-13,23H,15H2,1-2H3,(H2,26,29). The lowest BCUT2D eigenvalue weighted by Crippen LogP contribution is -2.38. The zero-order chi connectivity index (χ0) is 24.0. The molecule has 0 aliphatic carbocycles. The number of primary amides is 1. The van der Waals surface area contributed by atoms with Crippen LogP contribution >= 0.6 is 0 Å². The van der Waals surface area contributed by atoms with Gasteiger partial charge in [0.25, 0.3) is 5.69 Å². The van der Waals surface area contributed by atoms with Crippen molar-refractivity contribution in [3.8, 4) is 17.6 Å². The van der Waals surface area contributed by atoms with Gasteiger partial charge in [-0.2, -0.15) is 5.26 Å². The predicted molar refractivity (Wildman–Crippen MR) is 122 cm³/mol. The fourth-order valence-electron chi connectivity index (χ4n) is 3.58. The van der Waals surface area contributed by atoms with Crippen molar-refractivity contribution in [2.24, 2.45) is 5.73 Å². The lowest BCUT2D eigenvalue weighted by Gasteiger charge is -2.32. The Morgan fingerprint density at radius 3 is 2.21 bits per heavy atom. The van der Waals surface area contributed by atoms with Crippen LogP contribution in [0, 0.1) is 21.4 Å². The van der Waals surface area contributed by atoms with Gasteiger partial charge in [0, 0.05) is 12.2 Å². The maximum absolute atomic E-state index is 12.8. The van der Waals surface area contributed by atoms with Gasteiger partial charge in [-0.05, 0) is 35.9 Å². The largest absolute Gasteiger partial charge is 0.493 e. The first-order valence-corrected chi connectivity index (χ1v) is 9.90. The molecule has 0 saturated heterocycles. The second kappa shape index (κ2) is 10.2. The molecule has 9 heteroatoms. The van der Waals surface area contributed by atoms with Gasteiger partial charge in [0.2, 0.25) is 5.91 Å². The van der Waals surface area contributed by atoms with Crippen molar-refractivity contribution in [3.63, 3.8) is 0 Å². The number of methoxy groups -OCH3 is 2. The van der Waals surface area contributed by atoms with Crippen molar-refractivity contribution in [2.45, 2.75) is 12.6 Å². The van der Waals surface area contributed by atoms with E-state index in [2.05, 4.69) is 0 Å². The maximum atomic E-state index is 12.8. The van der Waals surface area contributed by atoms with E-state index >= 15 is 0 Å². The second-order valence-electron chi connectivity index (χ2n) is 7.10. The molecule has 0 aromatic heterocycles. The summed E-state index contributed by atoms with van der Waals surface area (Å²) in [5, 5.41) is 21.1. The van der Waals surface area contributed by atoms with Crippen LogP contribution in [0.3, 0.4) is 0 Å². The highest BCUT2D eigenvalue weighted by molar-refractivity contribution is 5.87. The van der Waals surface area contributed by atoms with E-state index in [9.17, 15) is 14.9 Å². The van der Waals surface area contributed by atoms with Crippen LogP contribution in [0.1, 0.15) is 22.7 Å². The van der Waals surface area contributed by atoms with Crippen molar-refractivity contribution in [1.29, 1.82) is 5.26 Å². The SMILES string of the molecule is COc1cc(C(C(N)=O)N(Cc2ccccc2)c2ccc(C#N)cc2)c([N+](=O)[O-])cc1OC. The predicted octanol–water partition coefficient (Wildman–Crippen LogP) is 3.72. The molecule has 33 heavy (non-hydrogen) atoms. The van der Waals surface area contributed by atoms with E-state index in [1.54, 1.807) is 29.2 Å². The fraction of sp³-hybridized carbons (Fsp3) is 0.167. The van der Waals surface area contributed by atoms with Gasteiger partial charge in [0.1, 0.15) is 6.04 Å². The minimum absolute atomic E-state index is 0.0606. The normalized spacial score (nSPS) is 11.2. The minimum atomic E-state index is -1.21. The number of nitro groups is 1. The molecule has 1 atom stereocenters. The minimum Gasteiger partial charge on any atom is -0.493 e. The molecular weight excluding hydrogens is 424 g/mol. The van der Waals surface area contributed by atoms with Gasteiger partial charge >= 0.3 is 0 Å². The Morgan fingerprint density at radius 1 is 1.09 bits per heavy atom. The van der Waals surface area contributed by atoms with Crippen LogP contribution in [0.4, 0.5) is 11.4 Å². The van der Waals surface area contributed by atoms with E-state index in [0.717, 1.165) is 5.56 Å². The molecule has 1 unspecified atom stereocenters. The van der Waals surface area contributed by atoms with Crippen LogP contribution in [0.15, 0.2) is 66.7 Å². The van der Waals surface area contributed by atoms with Gasteiger partial charge in [-0.1, -0.05) is 30.3 Å². The monoisotopic (exact) mass is 446 g/mol. The molecule has 3 rings (SSSR count). The summed E-state index contributed by atoms with van der Waals surface area (Å²) in [6.07, 6.45) is 0. The molecule has 3 aromatic carbocycles. The molecule has 0 fully saturated rings. The number of nitro benzene ring substituents is 1. The molecule has 168 valence electrons. The average Bonchev–Trinajstić information content (AvgIpc) is 2.83. The molecule has 0 aliphatic rings. The first-order valence-electron chi connectivity index (χ1n) is 9.90. The lowest BCUT2D eigenvalue weighted by atomic mass is 9.99. The molecule has 1 amide bonds. The van der Waals surface area contributed by atoms with Crippen LogP contribution in [-0.4, -0.2) is 25.1 Å². The van der Waals surface area contributed by atoms with Crippen LogP contribution in [0.2, 0.25) is 0 Å². The van der Waals surface area contributed by atoms with E-state index < -0.39 is 16.9 Å². The number of carbonyl (C=O) groups excluding carboxylic acids is 1. The summed E-state index contributed by atoms with van der Waals surface area (Å²) in [6.45, 7) is 0.228. The summed E-state index contributed by atoms with van der Waals surface area (Å²) in [4.78, 5) is 25.8. The van der Waals surface area contributed by atoms with Crippen LogP contribution in [0.5, 0.6) is 11.5 Å². The number of hydrogen-bond donors (Lipinski definition) is 1. The number of amides is 1. The summed E-state index contributed by atoms with van der Waals surface area (Å²) in [6, 6.07) is 19.3. The third-order valence-corrected chi connectivity index (χ3v) is 5.13. The summed E-state index contributed by atoms with van der Waals surface area (Å²) in [5.41, 5.74) is 7.41. The van der Waals surface area contributed by atoms with E-state index in [1.807, 2.05) is 36.4 Å². The topological polar surface area (TPSA) is 132 Å². The van der Waals surface area contributed by atoms with E-state index in [1.165, 1.54) is 26.4 Å². The number of ether oxygens (including phenoxy) is 2. The second-order valence-corrected chi connectivity index (χ2v) is 7.10. The highest BCUT2D eigenvalue weighted by Gasteiger charge is 2.34. The number of benzene rings is 3. The van der Waals surface area contributed by atoms with E-state index in [-0.39, 0.29) is 29.3 Å². The molecule has 0 spiro atoms. The van der Waals surface area contributed by atoms with Crippen molar-refractivity contribution in [2.75, 3.05) is 19.1 Å². The summed E-state index contributed by atoms with van der Waals surface area (Å²) in [7, 11) is 2.76. The molecule has 0 bridgehead atoms. The van der Waals surface area contributed by atoms with E-state index in [0.29, 0.717) is 11.3 Å². The van der Waals surface area contributed by atoms with E-state index in [4.69, 9.17) is 20.5 Å². The van der Waals surface area contributed by atoms with Crippen LogP contribution in [-0.2, 0) is 11.3 Å². The van der Waals surface area contributed by atoms with Gasteiger partial charge in [-0.25, -0.2) is 0 Å². The molecule has 0 radical (unpaired) electrons. The number of nitrogens with zero attached hydrogens (tertiary/aromatic N) is 3. The molecule has 0 saturated carbocycles. The summed E-state index contributed by atoms with van der Waals surface area (Å²) < 4.78 is 10.5. The Bertz CT molecular complexity index is 1190. The highest BCUT2D eigenvalue weighted by Crippen LogP contribution is 2.40. The van der Waals surface area contributed by atoms with Gasteiger partial charge in [-0.15, -0.1) is 0 Å². The fourth-order valence-corrected chi connectivity index (χ4v) is 3.58. The Hall–Kier alpha value is -4.58. The van der Waals surface area contributed by atoms with Crippen molar-refractivity contribution in [1.82, 2.24) is 0 Å². The Labute approximate surface area is 190 Å². The average molecular weight is 446 g/mol. The molecule has 0 heterocycles. The summed E-state index contributed by atoms with van der Waals surface area (Å²) in [5.74, 6) is -0.404. The number of hydrogen-bond acceptors (Lipinski definition) is 7. The van der Waals surface area contributed by atoms with Gasteiger partial charge < -0.3 is 20.1 Å². The molecule has 0 aliphatic heterocycles. The first kappa shape index (κ1) is 23.1. The number of anilines is 1. The van der Waals surface area contributed by atoms with Crippen LogP contribution < -0.4 is 20.1 Å². The Morgan fingerprint density at radius 2 is 1.70 bits per heavy atom. The third kappa shape index (κ3) is 5.02. The number of carbonyl (C=O) groups is 1. The number of nitriles is 1. The zero-order valence-corrected chi connectivity index (χ0v) is 18.1. The van der Waals surface area contributed by atoms with Crippen molar-refractivity contribution in [3.05, 3.63) is 93.5 Å². The molecule has 3 aromatic rings. The smallest absolute Gasteiger partial charge is 0.279 e. The van der Waals surface area contributed by atoms with Gasteiger partial charge in [-0.3, -0.25) is 14.9 Å². The Kier molecular flexibility index (Phi) is 7.10. The molecule has 2 N–H and O–H groups in total. The number of nitrogens with two attached hydrogens (primary N) is 1. The zero-order valence-electron chi connectivity index (χ0n) is 18.1. The van der Waals surface area contributed by atoms with Gasteiger partial charge in [0.15, 0.2) is 11.5 Å². The van der Waals surface area contributed by atoms with Crippen molar-refractivity contribution >= 4 is 17.3 Å². The highest BCUT2D eigenvalue weighted by atomic mass is 16.6. The maximum Gasteiger partial charge on any atom is 0.279 e. The molecular formula is C24H22N4O5. The lowest BCUT2D eigenvalue weighted by molar-refractivity contribution is -0.385. The molecule has 9 nitrogen and oxygen atoms in total. The quantitative estimate of drug-likeness (QED) is 0.391. The summed E-state index contributed by atoms with van der Waals surface area (Å²) >= 11 is 0.